The van der Waals surface area contributed by atoms with Gasteiger partial charge < -0.3 is 14.8 Å². The van der Waals surface area contributed by atoms with E-state index in [2.05, 4.69) is 21.2 Å². The Morgan fingerprint density at radius 1 is 1.53 bits per heavy atom. The minimum atomic E-state index is -0.840. The number of nitrogens with one attached hydrogen (secondary N) is 1. The summed E-state index contributed by atoms with van der Waals surface area (Å²) in [6.45, 7) is 5.82. The van der Waals surface area contributed by atoms with Crippen LogP contribution in [0.2, 0.25) is 0 Å². The summed E-state index contributed by atoms with van der Waals surface area (Å²) in [4.78, 5) is 11.8. The monoisotopic (exact) mass is 303 g/mol. The van der Waals surface area contributed by atoms with E-state index in [0.29, 0.717) is 17.5 Å². The predicted molar refractivity (Wildman–Crippen MR) is 69.0 cm³/mol. The molecule has 1 aromatic heterocycles. The molecule has 0 aromatic carbocycles. The fourth-order valence-electron chi connectivity index (χ4n) is 1.49. The van der Waals surface area contributed by atoms with E-state index in [4.69, 9.17) is 4.42 Å². The van der Waals surface area contributed by atoms with Crippen molar-refractivity contribution in [1.82, 2.24) is 5.32 Å². The minimum Gasteiger partial charge on any atom is -0.444 e. The first-order valence-corrected chi connectivity index (χ1v) is 6.47. The van der Waals surface area contributed by atoms with Gasteiger partial charge in [-0.25, -0.2) is 0 Å². The van der Waals surface area contributed by atoms with Gasteiger partial charge in [0.25, 0.3) is 5.91 Å². The van der Waals surface area contributed by atoms with E-state index < -0.39 is 5.60 Å². The van der Waals surface area contributed by atoms with Crippen LogP contribution in [0, 0.1) is 6.92 Å². The molecule has 2 N–H and O–H groups in total. The van der Waals surface area contributed by atoms with E-state index in [0.717, 1.165) is 5.56 Å². The van der Waals surface area contributed by atoms with Crippen molar-refractivity contribution < 1.29 is 14.3 Å². The third-order valence-corrected chi connectivity index (χ3v) is 3.38. The summed E-state index contributed by atoms with van der Waals surface area (Å²) < 4.78 is 5.76. The lowest BCUT2D eigenvalue weighted by Gasteiger charge is -2.25. The Hall–Kier alpha value is -0.810. The van der Waals surface area contributed by atoms with Crippen LogP contribution in [0.1, 0.15) is 42.8 Å². The maximum atomic E-state index is 11.8. The third-order valence-electron chi connectivity index (χ3n) is 2.99. The van der Waals surface area contributed by atoms with Crippen molar-refractivity contribution in [2.24, 2.45) is 0 Å². The van der Waals surface area contributed by atoms with Gasteiger partial charge in [0.15, 0.2) is 10.4 Å². The zero-order valence-corrected chi connectivity index (χ0v) is 11.9. The highest BCUT2D eigenvalue weighted by molar-refractivity contribution is 9.10. The van der Waals surface area contributed by atoms with Gasteiger partial charge in [0.1, 0.15) is 0 Å². The molecule has 0 atom stereocenters. The van der Waals surface area contributed by atoms with E-state index in [1.807, 2.05) is 13.8 Å². The molecular formula is C12H18BrNO3. The Bertz CT molecular complexity index is 396. The molecule has 0 spiro atoms. The number of aliphatic hydroxyl groups is 1. The van der Waals surface area contributed by atoms with Crippen molar-refractivity contribution in [2.45, 2.75) is 39.2 Å². The van der Waals surface area contributed by atoms with Gasteiger partial charge >= 0.3 is 0 Å². The summed E-state index contributed by atoms with van der Waals surface area (Å²) in [6, 6.07) is 1.74. The second-order valence-corrected chi connectivity index (χ2v) is 4.96. The SMILES string of the molecule is CCC(O)(CC)CNC(=O)c1oc(Br)cc1C. The number of halogens is 1. The topological polar surface area (TPSA) is 62.5 Å². The first kappa shape index (κ1) is 14.3. The molecule has 1 aromatic rings. The van der Waals surface area contributed by atoms with E-state index in [9.17, 15) is 9.90 Å². The van der Waals surface area contributed by atoms with Crippen LogP contribution in [0.15, 0.2) is 15.2 Å². The third kappa shape index (κ3) is 3.57. The number of carbonyl (C=O) groups is 1. The van der Waals surface area contributed by atoms with Gasteiger partial charge in [0.05, 0.1) is 5.60 Å². The Balaban J connectivity index is 2.65. The standard InChI is InChI=1S/C12H18BrNO3/c1-4-12(16,5-2)7-14-11(15)10-8(3)6-9(13)17-10/h6,16H,4-5,7H2,1-3H3,(H,14,15). The fourth-order valence-corrected chi connectivity index (χ4v) is 2.00. The van der Waals surface area contributed by atoms with Gasteiger partial charge in [-0.05, 0) is 41.8 Å². The molecule has 0 aliphatic carbocycles. The highest BCUT2D eigenvalue weighted by Crippen LogP contribution is 2.20. The van der Waals surface area contributed by atoms with Gasteiger partial charge in [0.2, 0.25) is 0 Å². The Morgan fingerprint density at radius 3 is 2.53 bits per heavy atom. The summed E-state index contributed by atoms with van der Waals surface area (Å²) in [7, 11) is 0. The zero-order valence-electron chi connectivity index (χ0n) is 10.3. The van der Waals surface area contributed by atoms with Crippen LogP contribution in [-0.4, -0.2) is 23.2 Å². The number of carbonyl (C=O) groups excluding carboxylic acids is 1. The lowest BCUT2D eigenvalue weighted by molar-refractivity contribution is 0.0309. The summed E-state index contributed by atoms with van der Waals surface area (Å²) in [5, 5.41) is 12.7. The first-order chi connectivity index (χ1) is 7.91. The lowest BCUT2D eigenvalue weighted by atomic mass is 9.97. The van der Waals surface area contributed by atoms with Crippen LogP contribution in [0.25, 0.3) is 0 Å². The molecule has 0 aliphatic heterocycles. The van der Waals surface area contributed by atoms with Crippen molar-refractivity contribution in [3.8, 4) is 0 Å². The highest BCUT2D eigenvalue weighted by atomic mass is 79.9. The Kier molecular flexibility index (Phi) is 4.77. The first-order valence-electron chi connectivity index (χ1n) is 5.68. The van der Waals surface area contributed by atoms with Crippen LogP contribution >= 0.6 is 15.9 Å². The van der Waals surface area contributed by atoms with Gasteiger partial charge in [0, 0.05) is 12.1 Å². The molecule has 1 amide bonds. The summed E-state index contributed by atoms with van der Waals surface area (Å²) in [5.74, 6) is -0.0139. The molecule has 5 heteroatoms. The van der Waals surface area contributed by atoms with Crippen molar-refractivity contribution in [3.63, 3.8) is 0 Å². The van der Waals surface area contributed by atoms with Crippen molar-refractivity contribution in [2.75, 3.05) is 6.54 Å². The van der Waals surface area contributed by atoms with E-state index in [1.54, 1.807) is 13.0 Å². The number of rotatable bonds is 5. The molecule has 1 heterocycles. The minimum absolute atomic E-state index is 0.233. The molecule has 0 unspecified atom stereocenters. The molecule has 0 aliphatic rings. The van der Waals surface area contributed by atoms with Crippen molar-refractivity contribution in [3.05, 3.63) is 22.1 Å². The largest absolute Gasteiger partial charge is 0.444 e. The Morgan fingerprint density at radius 2 is 2.12 bits per heavy atom. The number of aryl methyl sites for hydroxylation is 1. The van der Waals surface area contributed by atoms with E-state index >= 15 is 0 Å². The van der Waals surface area contributed by atoms with Crippen molar-refractivity contribution >= 4 is 21.8 Å². The van der Waals surface area contributed by atoms with E-state index in [1.165, 1.54) is 0 Å². The maximum Gasteiger partial charge on any atom is 0.287 e. The number of amides is 1. The van der Waals surface area contributed by atoms with Crippen LogP contribution < -0.4 is 5.32 Å². The maximum absolute atomic E-state index is 11.8. The number of hydrogen-bond donors (Lipinski definition) is 2. The second-order valence-electron chi connectivity index (χ2n) is 4.18. The molecule has 4 nitrogen and oxygen atoms in total. The van der Waals surface area contributed by atoms with Crippen LogP contribution in [0.5, 0.6) is 0 Å². The van der Waals surface area contributed by atoms with Gasteiger partial charge in [-0.15, -0.1) is 0 Å². The average molecular weight is 304 g/mol. The molecule has 0 saturated carbocycles. The van der Waals surface area contributed by atoms with E-state index in [-0.39, 0.29) is 18.2 Å². The van der Waals surface area contributed by atoms with Crippen LogP contribution in [0.3, 0.4) is 0 Å². The fraction of sp³-hybridized carbons (Fsp3) is 0.583. The van der Waals surface area contributed by atoms with Gasteiger partial charge in [-0.1, -0.05) is 13.8 Å². The van der Waals surface area contributed by atoms with Crippen LogP contribution in [0.4, 0.5) is 0 Å². The highest BCUT2D eigenvalue weighted by Gasteiger charge is 2.24. The molecule has 0 radical (unpaired) electrons. The predicted octanol–water partition coefficient (Wildman–Crippen LogP) is 2.63. The van der Waals surface area contributed by atoms with Crippen LogP contribution in [-0.2, 0) is 0 Å². The smallest absolute Gasteiger partial charge is 0.287 e. The van der Waals surface area contributed by atoms with Crippen molar-refractivity contribution in [1.29, 1.82) is 0 Å². The quantitative estimate of drug-likeness (QED) is 0.879. The summed E-state index contributed by atoms with van der Waals surface area (Å²) >= 11 is 3.17. The molecule has 0 fully saturated rings. The summed E-state index contributed by atoms with van der Waals surface area (Å²) in [6.07, 6.45) is 1.20. The average Bonchev–Trinajstić information content (AvgIpc) is 2.65. The summed E-state index contributed by atoms with van der Waals surface area (Å²) in [5.41, 5.74) is -0.0705. The Labute approximate surface area is 110 Å². The lowest BCUT2D eigenvalue weighted by Crippen LogP contribution is -2.42. The number of furan rings is 1. The zero-order chi connectivity index (χ0) is 13.1. The molecule has 0 bridgehead atoms. The second kappa shape index (κ2) is 5.69. The van der Waals surface area contributed by atoms with Gasteiger partial charge in [-0.3, -0.25) is 4.79 Å². The number of hydrogen-bond acceptors (Lipinski definition) is 3. The van der Waals surface area contributed by atoms with Gasteiger partial charge in [-0.2, -0.15) is 0 Å². The normalized spacial score (nSPS) is 11.6. The molecule has 96 valence electrons. The molecule has 1 rings (SSSR count). The molecule has 0 saturated heterocycles. The molecule has 17 heavy (non-hydrogen) atoms. The molecular weight excluding hydrogens is 286 g/mol.